The van der Waals surface area contributed by atoms with Crippen LogP contribution in [-0.4, -0.2) is 43.4 Å². The lowest BCUT2D eigenvalue weighted by atomic mass is 10.1. The van der Waals surface area contributed by atoms with Gasteiger partial charge in [0.2, 0.25) is 10.0 Å². The van der Waals surface area contributed by atoms with Crippen LogP contribution in [0.15, 0.2) is 41.3 Å². The highest BCUT2D eigenvalue weighted by Crippen LogP contribution is 2.27. The molecule has 0 spiro atoms. The number of halogens is 1. The zero-order valence-corrected chi connectivity index (χ0v) is 20.6. The molecule has 10 heteroatoms. The summed E-state index contributed by atoms with van der Waals surface area (Å²) in [5.41, 5.74) is 0.0223. The first-order valence-corrected chi connectivity index (χ1v) is 12.5. The summed E-state index contributed by atoms with van der Waals surface area (Å²) < 4.78 is 46.9. The van der Waals surface area contributed by atoms with Gasteiger partial charge in [0.25, 0.3) is 5.91 Å². The summed E-state index contributed by atoms with van der Waals surface area (Å²) in [6, 6.07) is 7.89. The van der Waals surface area contributed by atoms with Crippen LogP contribution in [0.2, 0.25) is 0 Å². The Balaban J connectivity index is 1.86. The van der Waals surface area contributed by atoms with Gasteiger partial charge in [-0.15, -0.1) is 0 Å². The summed E-state index contributed by atoms with van der Waals surface area (Å²) in [7, 11) is -3.75. The van der Waals surface area contributed by atoms with Crippen LogP contribution in [0.3, 0.4) is 0 Å². The van der Waals surface area contributed by atoms with Crippen LogP contribution in [0, 0.1) is 12.7 Å². The molecule has 1 fully saturated rings. The molecule has 0 unspecified atom stereocenters. The van der Waals surface area contributed by atoms with E-state index < -0.39 is 33.4 Å². The Labute approximate surface area is 199 Å². The average Bonchev–Trinajstić information content (AvgIpc) is 2.75. The van der Waals surface area contributed by atoms with Crippen LogP contribution in [-0.2, 0) is 14.8 Å². The molecule has 0 bridgehead atoms. The van der Waals surface area contributed by atoms with Gasteiger partial charge in [-0.1, -0.05) is 12.5 Å². The molecular formula is C24H30FN3O5S. The topological polar surface area (TPSA) is 105 Å². The van der Waals surface area contributed by atoms with E-state index >= 15 is 0 Å². The lowest BCUT2D eigenvalue weighted by Crippen LogP contribution is -2.36. The molecule has 1 heterocycles. The number of carbonyl (C=O) groups excluding carboxylic acids is 2. The Bertz CT molecular complexity index is 1190. The van der Waals surface area contributed by atoms with Crippen LogP contribution in [0.5, 0.6) is 0 Å². The number of benzene rings is 2. The Kier molecular flexibility index (Phi) is 7.62. The molecule has 1 aliphatic rings. The van der Waals surface area contributed by atoms with Crippen molar-refractivity contribution in [2.24, 2.45) is 0 Å². The van der Waals surface area contributed by atoms with Crippen LogP contribution in [0.4, 0.5) is 20.6 Å². The number of carbonyl (C=O) groups is 2. The summed E-state index contributed by atoms with van der Waals surface area (Å²) in [5, 5.41) is 5.05. The fourth-order valence-corrected chi connectivity index (χ4v) is 5.37. The van der Waals surface area contributed by atoms with Crippen molar-refractivity contribution < 1.29 is 27.1 Å². The first kappa shape index (κ1) is 25.6. The van der Waals surface area contributed by atoms with Gasteiger partial charge in [0, 0.05) is 18.7 Å². The molecule has 34 heavy (non-hydrogen) atoms. The van der Waals surface area contributed by atoms with Crippen LogP contribution in [0.25, 0.3) is 0 Å². The van der Waals surface area contributed by atoms with E-state index in [0.29, 0.717) is 18.7 Å². The van der Waals surface area contributed by atoms with Gasteiger partial charge in [-0.05, 0) is 76.4 Å². The Morgan fingerprint density at radius 1 is 0.971 bits per heavy atom. The summed E-state index contributed by atoms with van der Waals surface area (Å²) >= 11 is 0. The van der Waals surface area contributed by atoms with E-state index in [4.69, 9.17) is 4.74 Å². The molecule has 1 saturated heterocycles. The molecule has 1 aliphatic heterocycles. The predicted octanol–water partition coefficient (Wildman–Crippen LogP) is 4.91. The van der Waals surface area contributed by atoms with Gasteiger partial charge < -0.3 is 10.1 Å². The largest absolute Gasteiger partial charge is 0.444 e. The van der Waals surface area contributed by atoms with Crippen molar-refractivity contribution in [3.05, 3.63) is 53.3 Å². The highest BCUT2D eigenvalue weighted by molar-refractivity contribution is 7.89. The van der Waals surface area contributed by atoms with Gasteiger partial charge in [-0.2, -0.15) is 4.31 Å². The van der Waals surface area contributed by atoms with Crippen molar-refractivity contribution in [3.63, 3.8) is 0 Å². The molecule has 2 aromatic rings. The van der Waals surface area contributed by atoms with Crippen LogP contribution >= 0.6 is 0 Å². The lowest BCUT2D eigenvalue weighted by Gasteiger charge is -2.26. The van der Waals surface area contributed by atoms with E-state index in [-0.39, 0.29) is 21.8 Å². The predicted molar refractivity (Wildman–Crippen MR) is 128 cm³/mol. The van der Waals surface area contributed by atoms with Gasteiger partial charge in [0.1, 0.15) is 11.4 Å². The fourth-order valence-electron chi connectivity index (χ4n) is 3.60. The van der Waals surface area contributed by atoms with Crippen molar-refractivity contribution in [1.29, 1.82) is 0 Å². The molecular weight excluding hydrogens is 461 g/mol. The molecule has 0 aliphatic carbocycles. The summed E-state index contributed by atoms with van der Waals surface area (Å²) in [5.74, 6) is -1.27. The number of rotatable bonds is 5. The smallest absolute Gasteiger partial charge is 0.412 e. The number of nitrogens with one attached hydrogen (secondary N) is 2. The number of aryl methyl sites for hydroxylation is 1. The molecule has 0 radical (unpaired) electrons. The maximum atomic E-state index is 13.9. The Morgan fingerprint density at radius 2 is 1.65 bits per heavy atom. The minimum atomic E-state index is -3.75. The third-order valence-electron chi connectivity index (χ3n) is 5.25. The number of ether oxygens (including phenoxy) is 1. The third-order valence-corrected chi connectivity index (χ3v) is 7.29. The first-order chi connectivity index (χ1) is 15.9. The molecule has 184 valence electrons. The lowest BCUT2D eigenvalue weighted by molar-refractivity contribution is 0.0635. The van der Waals surface area contributed by atoms with E-state index in [1.165, 1.54) is 22.5 Å². The van der Waals surface area contributed by atoms with Crippen molar-refractivity contribution in [3.8, 4) is 0 Å². The number of nitrogens with zero attached hydrogens (tertiary/aromatic N) is 1. The van der Waals surface area contributed by atoms with Gasteiger partial charge in [-0.3, -0.25) is 10.1 Å². The van der Waals surface area contributed by atoms with Gasteiger partial charge in [0.05, 0.1) is 16.3 Å². The highest BCUT2D eigenvalue weighted by atomic mass is 32.2. The quantitative estimate of drug-likeness (QED) is 0.619. The summed E-state index contributed by atoms with van der Waals surface area (Å²) in [4.78, 5) is 25.2. The second kappa shape index (κ2) is 10.1. The zero-order valence-electron chi connectivity index (χ0n) is 19.8. The minimum absolute atomic E-state index is 0.0110. The molecule has 2 amide bonds. The Hall–Kier alpha value is -2.98. The van der Waals surface area contributed by atoms with E-state index in [1.807, 2.05) is 0 Å². The summed E-state index contributed by atoms with van der Waals surface area (Å²) in [6.07, 6.45) is 1.82. The SMILES string of the molecule is Cc1ccc(C(=O)Nc2cc(F)ccc2NC(=O)OC(C)(C)C)cc1S(=O)(=O)N1CCCCC1. The van der Waals surface area contributed by atoms with E-state index in [1.54, 1.807) is 33.8 Å². The van der Waals surface area contributed by atoms with E-state index in [0.717, 1.165) is 31.4 Å². The van der Waals surface area contributed by atoms with E-state index in [2.05, 4.69) is 10.6 Å². The maximum Gasteiger partial charge on any atom is 0.412 e. The standard InChI is InChI=1S/C24H30FN3O5S/c1-16-8-9-17(14-21(16)34(31,32)28-12-6-5-7-13-28)22(29)26-20-15-18(25)10-11-19(20)27-23(30)33-24(2,3)4/h8-11,14-15H,5-7,12-13H2,1-4H3,(H,26,29)(H,27,30). The van der Waals surface area contributed by atoms with Gasteiger partial charge in [0.15, 0.2) is 0 Å². The first-order valence-electron chi connectivity index (χ1n) is 11.1. The number of amides is 2. The molecule has 0 aromatic heterocycles. The number of piperidine rings is 1. The normalized spacial score (nSPS) is 15.0. The maximum absolute atomic E-state index is 13.9. The number of hydrogen-bond acceptors (Lipinski definition) is 5. The Morgan fingerprint density at radius 3 is 2.29 bits per heavy atom. The molecule has 0 atom stereocenters. The monoisotopic (exact) mass is 491 g/mol. The van der Waals surface area contributed by atoms with Crippen LogP contribution < -0.4 is 10.6 Å². The van der Waals surface area contributed by atoms with Gasteiger partial charge >= 0.3 is 6.09 Å². The molecule has 3 rings (SSSR count). The minimum Gasteiger partial charge on any atom is -0.444 e. The van der Waals surface area contributed by atoms with Gasteiger partial charge in [-0.25, -0.2) is 17.6 Å². The highest BCUT2D eigenvalue weighted by Gasteiger charge is 2.28. The second-order valence-electron chi connectivity index (χ2n) is 9.22. The number of anilines is 2. The molecule has 2 N–H and O–H groups in total. The van der Waals surface area contributed by atoms with E-state index in [9.17, 15) is 22.4 Å². The third kappa shape index (κ3) is 6.32. The van der Waals surface area contributed by atoms with Crippen molar-refractivity contribution in [1.82, 2.24) is 4.31 Å². The van der Waals surface area contributed by atoms with Crippen molar-refractivity contribution in [2.45, 2.75) is 57.5 Å². The number of hydrogen-bond donors (Lipinski definition) is 2. The molecule has 2 aromatic carbocycles. The summed E-state index contributed by atoms with van der Waals surface area (Å²) in [6.45, 7) is 7.67. The molecule has 0 saturated carbocycles. The second-order valence-corrected chi connectivity index (χ2v) is 11.1. The molecule has 8 nitrogen and oxygen atoms in total. The fraction of sp³-hybridized carbons (Fsp3) is 0.417. The number of sulfonamides is 1. The average molecular weight is 492 g/mol. The van der Waals surface area contributed by atoms with Crippen LogP contribution in [0.1, 0.15) is 56.0 Å². The zero-order chi connectivity index (χ0) is 25.1. The van der Waals surface area contributed by atoms with Crippen molar-refractivity contribution >= 4 is 33.4 Å². The van der Waals surface area contributed by atoms with Crippen molar-refractivity contribution in [2.75, 3.05) is 23.7 Å².